The van der Waals surface area contributed by atoms with Crippen molar-refractivity contribution in [2.45, 2.75) is 18.7 Å². The van der Waals surface area contributed by atoms with Crippen LogP contribution in [0.2, 0.25) is 0 Å². The maximum atomic E-state index is 12.6. The predicted octanol–water partition coefficient (Wildman–Crippen LogP) is 2.29. The van der Waals surface area contributed by atoms with E-state index in [1.165, 1.54) is 12.1 Å². The smallest absolute Gasteiger partial charge is 0.383 e. The van der Waals surface area contributed by atoms with Crippen LogP contribution in [0.25, 0.3) is 0 Å². The quantitative estimate of drug-likeness (QED) is 0.739. The van der Waals surface area contributed by atoms with E-state index in [1.54, 1.807) is 0 Å². The molecule has 1 rings (SSSR count). The fourth-order valence-corrected chi connectivity index (χ4v) is 1.00. The Morgan fingerprint density at radius 1 is 1.29 bits per heavy atom. The topological polar surface area (TPSA) is 20.2 Å². The lowest BCUT2D eigenvalue weighted by atomic mass is 10.1. The lowest BCUT2D eigenvalue weighted by molar-refractivity contribution is -0.203. The number of alkyl halides is 3. The molecule has 0 aromatic heterocycles. The highest BCUT2D eigenvalue weighted by Crippen LogP contribution is 2.23. The molecule has 1 aromatic carbocycles. The van der Waals surface area contributed by atoms with Gasteiger partial charge in [-0.1, -0.05) is 12.1 Å². The van der Waals surface area contributed by atoms with Crippen molar-refractivity contribution in [2.75, 3.05) is 0 Å². The molecule has 78 valence electrons. The Balaban J connectivity index is 2.70. The minimum Gasteiger partial charge on any atom is -0.383 e. The molecule has 1 nitrogen and oxygen atoms in total. The molecule has 0 unspecified atom stereocenters. The molecule has 5 heteroatoms. The molecule has 0 heterocycles. The van der Waals surface area contributed by atoms with Gasteiger partial charge in [-0.2, -0.15) is 13.2 Å². The molecule has 0 radical (unpaired) electrons. The highest BCUT2D eigenvalue weighted by atomic mass is 19.4. The first kappa shape index (κ1) is 11.0. The van der Waals surface area contributed by atoms with E-state index in [9.17, 15) is 17.6 Å². The molecule has 0 fully saturated rings. The molecule has 0 saturated heterocycles. The first-order valence-electron chi connectivity index (χ1n) is 3.89. The summed E-state index contributed by atoms with van der Waals surface area (Å²) in [6, 6.07) is 4.73. The largest absolute Gasteiger partial charge is 0.414 e. The second kappa shape index (κ2) is 3.96. The first-order chi connectivity index (χ1) is 6.39. The van der Waals surface area contributed by atoms with E-state index in [0.29, 0.717) is 0 Å². The van der Waals surface area contributed by atoms with Crippen LogP contribution in [0.15, 0.2) is 24.3 Å². The number of halogens is 4. The van der Waals surface area contributed by atoms with Gasteiger partial charge in [0.05, 0.1) is 0 Å². The highest BCUT2D eigenvalue weighted by Gasteiger charge is 2.37. The summed E-state index contributed by atoms with van der Waals surface area (Å²) >= 11 is 0. The van der Waals surface area contributed by atoms with Crippen LogP contribution >= 0.6 is 0 Å². The maximum Gasteiger partial charge on any atom is 0.414 e. The standard InChI is InChI=1S/C9H8F4O/c10-7-3-1-2-6(4-7)5-8(14)9(11,12)13/h1-4,8,14H,5H2/t8-/m1/s1. The van der Waals surface area contributed by atoms with Crippen molar-refractivity contribution in [1.82, 2.24) is 0 Å². The summed E-state index contributed by atoms with van der Waals surface area (Å²) < 4.78 is 48.2. The fraction of sp³-hybridized carbons (Fsp3) is 0.333. The van der Waals surface area contributed by atoms with Gasteiger partial charge in [-0.25, -0.2) is 4.39 Å². The Kier molecular flexibility index (Phi) is 3.10. The lowest BCUT2D eigenvalue weighted by Crippen LogP contribution is -2.30. The average molecular weight is 208 g/mol. The van der Waals surface area contributed by atoms with E-state index < -0.39 is 24.5 Å². The number of hydrogen-bond acceptors (Lipinski definition) is 1. The highest BCUT2D eigenvalue weighted by molar-refractivity contribution is 5.17. The minimum absolute atomic E-state index is 0.120. The van der Waals surface area contributed by atoms with Crippen LogP contribution in [0.5, 0.6) is 0 Å². The van der Waals surface area contributed by atoms with Crippen molar-refractivity contribution >= 4 is 0 Å². The van der Waals surface area contributed by atoms with Gasteiger partial charge in [0.25, 0.3) is 0 Å². The number of aliphatic hydroxyl groups is 1. The van der Waals surface area contributed by atoms with Gasteiger partial charge in [0.15, 0.2) is 6.10 Å². The molecule has 14 heavy (non-hydrogen) atoms. The van der Waals surface area contributed by atoms with Crippen molar-refractivity contribution in [1.29, 1.82) is 0 Å². The molecule has 0 aliphatic carbocycles. The second-order valence-corrected chi connectivity index (χ2v) is 2.89. The van der Waals surface area contributed by atoms with Gasteiger partial charge < -0.3 is 5.11 Å². The van der Waals surface area contributed by atoms with E-state index in [4.69, 9.17) is 5.11 Å². The minimum atomic E-state index is -4.66. The third-order valence-electron chi connectivity index (χ3n) is 1.70. The second-order valence-electron chi connectivity index (χ2n) is 2.89. The van der Waals surface area contributed by atoms with Gasteiger partial charge in [0.1, 0.15) is 5.82 Å². The zero-order valence-electron chi connectivity index (χ0n) is 7.05. The molecule has 0 saturated carbocycles. The van der Waals surface area contributed by atoms with Crippen LogP contribution in [-0.4, -0.2) is 17.4 Å². The summed E-state index contributed by atoms with van der Waals surface area (Å²) in [5.74, 6) is -0.614. The normalized spacial score (nSPS) is 14.1. The van der Waals surface area contributed by atoms with Crippen LogP contribution in [0, 0.1) is 5.82 Å². The third kappa shape index (κ3) is 2.99. The van der Waals surface area contributed by atoms with Crippen molar-refractivity contribution in [3.8, 4) is 0 Å². The monoisotopic (exact) mass is 208 g/mol. The number of rotatable bonds is 2. The zero-order valence-corrected chi connectivity index (χ0v) is 7.05. The Morgan fingerprint density at radius 2 is 1.93 bits per heavy atom. The summed E-state index contributed by atoms with van der Waals surface area (Å²) in [5, 5.41) is 8.68. The van der Waals surface area contributed by atoms with Crippen LogP contribution in [-0.2, 0) is 6.42 Å². The molecule has 1 aromatic rings. The van der Waals surface area contributed by atoms with E-state index in [-0.39, 0.29) is 5.56 Å². The Bertz CT molecular complexity index is 308. The van der Waals surface area contributed by atoms with Crippen LogP contribution in [0.4, 0.5) is 17.6 Å². The molecule has 1 N–H and O–H groups in total. The summed E-state index contributed by atoms with van der Waals surface area (Å²) in [6.45, 7) is 0. The summed E-state index contributed by atoms with van der Waals surface area (Å²) in [4.78, 5) is 0. The lowest BCUT2D eigenvalue weighted by Gasteiger charge is -2.14. The van der Waals surface area contributed by atoms with E-state index >= 15 is 0 Å². The van der Waals surface area contributed by atoms with E-state index in [0.717, 1.165) is 12.1 Å². The van der Waals surface area contributed by atoms with Crippen molar-refractivity contribution in [3.05, 3.63) is 35.6 Å². The molecule has 0 aliphatic rings. The van der Waals surface area contributed by atoms with Gasteiger partial charge in [0, 0.05) is 6.42 Å². The molecular formula is C9H8F4O. The Labute approximate surface area is 78.0 Å². The zero-order chi connectivity index (χ0) is 10.8. The predicted molar refractivity (Wildman–Crippen MR) is 42.2 cm³/mol. The summed E-state index contributed by atoms with van der Waals surface area (Å²) in [5.41, 5.74) is 0.120. The SMILES string of the molecule is O[C@H](Cc1cccc(F)c1)C(F)(F)F. The van der Waals surface area contributed by atoms with Crippen molar-refractivity contribution < 1.29 is 22.7 Å². The number of hydrogen-bond donors (Lipinski definition) is 1. The Morgan fingerprint density at radius 3 is 2.43 bits per heavy atom. The third-order valence-corrected chi connectivity index (χ3v) is 1.70. The van der Waals surface area contributed by atoms with Gasteiger partial charge in [0.2, 0.25) is 0 Å². The molecule has 0 aliphatic heterocycles. The summed E-state index contributed by atoms with van der Waals surface area (Å²) in [6.07, 6.45) is -7.72. The van der Waals surface area contributed by atoms with E-state index in [2.05, 4.69) is 0 Å². The van der Waals surface area contributed by atoms with E-state index in [1.807, 2.05) is 0 Å². The van der Waals surface area contributed by atoms with Gasteiger partial charge in [-0.05, 0) is 17.7 Å². The van der Waals surface area contributed by atoms with Crippen molar-refractivity contribution in [3.63, 3.8) is 0 Å². The van der Waals surface area contributed by atoms with Crippen molar-refractivity contribution in [2.24, 2.45) is 0 Å². The number of aliphatic hydroxyl groups excluding tert-OH is 1. The van der Waals surface area contributed by atoms with Crippen LogP contribution in [0.1, 0.15) is 5.56 Å². The maximum absolute atomic E-state index is 12.6. The first-order valence-corrected chi connectivity index (χ1v) is 3.89. The van der Waals surface area contributed by atoms with Gasteiger partial charge in [-0.15, -0.1) is 0 Å². The fourth-order valence-electron chi connectivity index (χ4n) is 1.00. The molecule has 1 atom stereocenters. The number of benzene rings is 1. The van der Waals surface area contributed by atoms with Gasteiger partial charge >= 0.3 is 6.18 Å². The average Bonchev–Trinajstić information content (AvgIpc) is 2.02. The molecule has 0 amide bonds. The van der Waals surface area contributed by atoms with Crippen LogP contribution < -0.4 is 0 Å². The van der Waals surface area contributed by atoms with Gasteiger partial charge in [-0.3, -0.25) is 0 Å². The summed E-state index contributed by atoms with van der Waals surface area (Å²) in [7, 11) is 0. The molecular weight excluding hydrogens is 200 g/mol. The molecule has 0 spiro atoms. The van der Waals surface area contributed by atoms with Crippen LogP contribution in [0.3, 0.4) is 0 Å². The Hall–Kier alpha value is -1.10. The molecule has 0 bridgehead atoms.